The average molecular weight is 367 g/mol. The van der Waals surface area contributed by atoms with E-state index in [9.17, 15) is 19.8 Å². The lowest BCUT2D eigenvalue weighted by atomic mass is 9.71. The van der Waals surface area contributed by atoms with Crippen LogP contribution in [0.1, 0.15) is 90.9 Å². The van der Waals surface area contributed by atoms with Crippen LogP contribution in [0, 0.1) is 35.5 Å². The summed E-state index contributed by atoms with van der Waals surface area (Å²) >= 11 is 0. The molecule has 0 aromatic heterocycles. The van der Waals surface area contributed by atoms with Crippen molar-refractivity contribution in [3.05, 3.63) is 0 Å². The normalized spacial score (nSPS) is 24.5. The molecule has 26 heavy (non-hydrogen) atoms. The number of rotatable bonds is 9. The summed E-state index contributed by atoms with van der Waals surface area (Å²) in [5.41, 5.74) is 0. The van der Waals surface area contributed by atoms with E-state index in [1.54, 1.807) is 0 Å². The molecule has 2 rings (SSSR count). The maximum Gasteiger partial charge on any atom is 0.307 e. The first-order valence-corrected chi connectivity index (χ1v) is 10.9. The van der Waals surface area contributed by atoms with Gasteiger partial charge in [-0.05, 0) is 36.5 Å². The van der Waals surface area contributed by atoms with Gasteiger partial charge in [-0.15, -0.1) is 0 Å². The Kier molecular flexibility index (Phi) is 8.43. The fourth-order valence-corrected chi connectivity index (χ4v) is 5.47. The maximum atomic E-state index is 12.0. The molecule has 2 fully saturated rings. The smallest absolute Gasteiger partial charge is 0.307 e. The summed E-state index contributed by atoms with van der Waals surface area (Å²) in [6.45, 7) is 4.27. The van der Waals surface area contributed by atoms with Crippen molar-refractivity contribution in [2.75, 3.05) is 0 Å². The summed E-state index contributed by atoms with van der Waals surface area (Å²) in [5.74, 6) is -1.63. The zero-order valence-electron chi connectivity index (χ0n) is 16.7. The molecule has 4 heteroatoms. The molecule has 0 aromatic rings. The van der Waals surface area contributed by atoms with Crippen LogP contribution in [0.15, 0.2) is 0 Å². The second-order valence-electron chi connectivity index (χ2n) is 9.11. The minimum absolute atomic E-state index is 0.295. The van der Waals surface area contributed by atoms with E-state index >= 15 is 0 Å². The molecule has 4 nitrogen and oxygen atoms in total. The van der Waals surface area contributed by atoms with E-state index in [1.165, 1.54) is 64.2 Å². The van der Waals surface area contributed by atoms with Gasteiger partial charge in [-0.2, -0.15) is 0 Å². The van der Waals surface area contributed by atoms with Gasteiger partial charge in [0.2, 0.25) is 0 Å². The van der Waals surface area contributed by atoms with Crippen molar-refractivity contribution in [2.45, 2.75) is 90.9 Å². The van der Waals surface area contributed by atoms with Crippen molar-refractivity contribution < 1.29 is 19.8 Å². The van der Waals surface area contributed by atoms with Crippen LogP contribution >= 0.6 is 0 Å². The van der Waals surface area contributed by atoms with E-state index in [-0.39, 0.29) is 0 Å². The molecular formula is C22H38O4. The number of aliphatic carboxylic acids is 2. The van der Waals surface area contributed by atoms with Gasteiger partial charge in [-0.1, -0.05) is 78.1 Å². The monoisotopic (exact) mass is 366 g/mol. The van der Waals surface area contributed by atoms with Crippen molar-refractivity contribution in [2.24, 2.45) is 35.5 Å². The van der Waals surface area contributed by atoms with Gasteiger partial charge in [0.05, 0.1) is 11.8 Å². The van der Waals surface area contributed by atoms with Crippen LogP contribution in [-0.2, 0) is 9.59 Å². The summed E-state index contributed by atoms with van der Waals surface area (Å²) in [7, 11) is 0. The van der Waals surface area contributed by atoms with E-state index in [1.807, 2.05) is 0 Å². The van der Waals surface area contributed by atoms with Crippen molar-refractivity contribution in [3.8, 4) is 0 Å². The van der Waals surface area contributed by atoms with Crippen LogP contribution in [0.25, 0.3) is 0 Å². The SMILES string of the molecule is CC(CC(C(=O)O)C(CC(C)C1CCCCC1)C(=O)O)C1CCCCC1. The second-order valence-corrected chi connectivity index (χ2v) is 9.11. The van der Waals surface area contributed by atoms with Crippen LogP contribution in [-0.4, -0.2) is 22.2 Å². The predicted octanol–water partition coefficient (Wildman–Crippen LogP) is 5.60. The fraction of sp³-hybridized carbons (Fsp3) is 0.909. The maximum absolute atomic E-state index is 12.0. The lowest BCUT2D eigenvalue weighted by molar-refractivity contribution is -0.155. The van der Waals surface area contributed by atoms with Gasteiger partial charge >= 0.3 is 11.9 Å². The van der Waals surface area contributed by atoms with Gasteiger partial charge in [-0.3, -0.25) is 9.59 Å². The molecule has 0 aromatic carbocycles. The van der Waals surface area contributed by atoms with E-state index in [2.05, 4.69) is 13.8 Å². The molecule has 0 saturated heterocycles. The van der Waals surface area contributed by atoms with Gasteiger partial charge in [0.25, 0.3) is 0 Å². The van der Waals surface area contributed by atoms with Gasteiger partial charge in [-0.25, -0.2) is 0 Å². The lowest BCUT2D eigenvalue weighted by Crippen LogP contribution is -2.35. The van der Waals surface area contributed by atoms with Crippen molar-refractivity contribution in [1.29, 1.82) is 0 Å². The molecule has 0 heterocycles. The third kappa shape index (κ3) is 5.99. The molecule has 4 atom stereocenters. The van der Waals surface area contributed by atoms with Gasteiger partial charge < -0.3 is 10.2 Å². The Bertz CT molecular complexity index is 407. The highest BCUT2D eigenvalue weighted by Gasteiger charge is 2.38. The van der Waals surface area contributed by atoms with Crippen molar-refractivity contribution in [3.63, 3.8) is 0 Å². The first kappa shape index (κ1) is 21.2. The Morgan fingerprint density at radius 2 is 1.00 bits per heavy atom. The zero-order valence-corrected chi connectivity index (χ0v) is 16.7. The molecule has 2 aliphatic carbocycles. The Labute approximate surface area is 158 Å². The molecule has 0 amide bonds. The van der Waals surface area contributed by atoms with E-state index in [4.69, 9.17) is 0 Å². The second kappa shape index (κ2) is 10.3. The van der Waals surface area contributed by atoms with Crippen LogP contribution in [0.2, 0.25) is 0 Å². The van der Waals surface area contributed by atoms with Crippen molar-refractivity contribution >= 4 is 11.9 Å². The molecule has 2 saturated carbocycles. The predicted molar refractivity (Wildman–Crippen MR) is 103 cm³/mol. The van der Waals surface area contributed by atoms with Crippen molar-refractivity contribution in [1.82, 2.24) is 0 Å². The summed E-state index contributed by atoms with van der Waals surface area (Å²) in [4.78, 5) is 23.9. The van der Waals surface area contributed by atoms with Crippen LogP contribution in [0.4, 0.5) is 0 Å². The molecular weight excluding hydrogens is 328 g/mol. The molecule has 2 N–H and O–H groups in total. The Morgan fingerprint density at radius 1 is 0.692 bits per heavy atom. The molecule has 0 bridgehead atoms. The molecule has 4 unspecified atom stereocenters. The molecule has 0 radical (unpaired) electrons. The fourth-order valence-electron chi connectivity index (χ4n) is 5.47. The average Bonchev–Trinajstić information content (AvgIpc) is 2.65. The number of hydrogen-bond donors (Lipinski definition) is 2. The highest BCUT2D eigenvalue weighted by atomic mass is 16.4. The third-order valence-electron chi connectivity index (χ3n) is 7.28. The largest absolute Gasteiger partial charge is 0.481 e. The first-order chi connectivity index (χ1) is 12.4. The zero-order chi connectivity index (χ0) is 19.1. The molecule has 0 spiro atoms. The van der Waals surface area contributed by atoms with E-state index in [0.717, 1.165) is 0 Å². The summed E-state index contributed by atoms with van der Waals surface area (Å²) in [6.07, 6.45) is 13.2. The number of carboxylic acid groups (broad SMARTS) is 2. The topological polar surface area (TPSA) is 74.6 Å². The number of carbonyl (C=O) groups is 2. The van der Waals surface area contributed by atoms with E-state index in [0.29, 0.717) is 36.5 Å². The number of hydrogen-bond acceptors (Lipinski definition) is 2. The highest BCUT2D eigenvalue weighted by molar-refractivity contribution is 5.80. The standard InChI is InChI=1S/C22H38O4/c1-15(17-9-5-3-6-10-17)13-19(21(23)24)20(22(25)26)14-16(2)18-11-7-4-8-12-18/h15-20H,3-14H2,1-2H3,(H,23,24)(H,25,26). The first-order valence-electron chi connectivity index (χ1n) is 10.9. The lowest BCUT2D eigenvalue weighted by Gasteiger charge is -2.33. The summed E-state index contributed by atoms with van der Waals surface area (Å²) < 4.78 is 0. The molecule has 150 valence electrons. The number of carboxylic acids is 2. The Balaban J connectivity index is 2.01. The Morgan fingerprint density at radius 3 is 1.27 bits per heavy atom. The molecule has 2 aliphatic rings. The van der Waals surface area contributed by atoms with Crippen LogP contribution < -0.4 is 0 Å². The van der Waals surface area contributed by atoms with E-state index < -0.39 is 23.8 Å². The summed E-state index contributed by atoms with van der Waals surface area (Å²) in [5, 5.41) is 19.6. The van der Waals surface area contributed by atoms with Crippen LogP contribution in [0.3, 0.4) is 0 Å². The van der Waals surface area contributed by atoms with Crippen LogP contribution in [0.5, 0.6) is 0 Å². The quantitative estimate of drug-likeness (QED) is 0.557. The van der Waals surface area contributed by atoms with Gasteiger partial charge in [0.15, 0.2) is 0 Å². The van der Waals surface area contributed by atoms with Gasteiger partial charge in [0, 0.05) is 0 Å². The summed E-state index contributed by atoms with van der Waals surface area (Å²) in [6, 6.07) is 0. The molecule has 0 aliphatic heterocycles. The Hall–Kier alpha value is -1.06. The minimum atomic E-state index is -0.920. The highest BCUT2D eigenvalue weighted by Crippen LogP contribution is 2.38. The third-order valence-corrected chi connectivity index (χ3v) is 7.28. The minimum Gasteiger partial charge on any atom is -0.481 e. The van der Waals surface area contributed by atoms with Gasteiger partial charge in [0.1, 0.15) is 0 Å².